The van der Waals surface area contributed by atoms with Gasteiger partial charge in [0.2, 0.25) is 0 Å². The molecule has 8 aromatic carbocycles. The lowest BCUT2D eigenvalue weighted by Crippen LogP contribution is -2.26. The molecule has 6 heteroatoms. The van der Waals surface area contributed by atoms with Gasteiger partial charge in [-0.3, -0.25) is 4.57 Å². The second-order valence-corrected chi connectivity index (χ2v) is 32.3. The SMILES string of the molecule is Cc1c(C)c(-c2cc(C(C)(C)C)cc(C(C)(C)C)c2)c(N2CN(c3cc(Oc4ccc5c6c7sc8ccccc8c7ccc6n(-c6cc(C(C)(C)C)ccn6)c5c4)cc(C(C)(C)C)c3)c3ccccc32)c(-c2cc(C(C)(C)C)cc(C(C)(C)C)c2)c1C. The van der Waals surface area contributed by atoms with Crippen LogP contribution in [0.5, 0.6) is 11.5 Å². The van der Waals surface area contributed by atoms with Crippen LogP contribution in [0.4, 0.5) is 22.7 Å². The molecule has 12 rings (SSSR count). The lowest BCUT2D eigenvalue weighted by molar-refractivity contribution is 0.479. The minimum atomic E-state index is -0.194. The molecule has 0 bridgehead atoms. The van der Waals surface area contributed by atoms with Crippen molar-refractivity contribution in [3.8, 4) is 39.6 Å². The normalized spacial score (nSPS) is 13.7. The molecule has 11 aromatic rings. The van der Waals surface area contributed by atoms with Crippen molar-refractivity contribution in [3.05, 3.63) is 202 Å². The van der Waals surface area contributed by atoms with Crippen LogP contribution in [0.25, 0.3) is 70.0 Å². The maximum Gasteiger partial charge on any atom is 0.137 e. The Morgan fingerprint density at radius 3 is 1.47 bits per heavy atom. The van der Waals surface area contributed by atoms with Crippen LogP contribution in [0.15, 0.2) is 152 Å². The summed E-state index contributed by atoms with van der Waals surface area (Å²) in [6, 6.07) is 55.4. The second-order valence-electron chi connectivity index (χ2n) is 31.2. The summed E-state index contributed by atoms with van der Waals surface area (Å²) in [5.74, 6) is 2.46. The molecule has 0 saturated carbocycles. The first kappa shape index (κ1) is 59.7. The summed E-state index contributed by atoms with van der Waals surface area (Å²) in [6.07, 6.45) is 1.96. The Morgan fingerprint density at radius 2 is 0.920 bits per heavy atom. The van der Waals surface area contributed by atoms with E-state index in [1.165, 1.54) is 115 Å². The van der Waals surface area contributed by atoms with E-state index in [1.807, 2.05) is 17.5 Å². The molecule has 0 amide bonds. The molecule has 87 heavy (non-hydrogen) atoms. The van der Waals surface area contributed by atoms with Gasteiger partial charge < -0.3 is 14.5 Å². The Kier molecular flexibility index (Phi) is 14.2. The van der Waals surface area contributed by atoms with Gasteiger partial charge >= 0.3 is 0 Å². The van der Waals surface area contributed by atoms with E-state index in [0.29, 0.717) is 6.67 Å². The number of ether oxygens (including phenoxy) is 1. The topological polar surface area (TPSA) is 33.5 Å². The van der Waals surface area contributed by atoms with Gasteiger partial charge in [0, 0.05) is 66.1 Å². The zero-order chi connectivity index (χ0) is 62.4. The third-order valence-corrected chi connectivity index (χ3v) is 19.9. The zero-order valence-electron chi connectivity index (χ0n) is 55.7. The molecule has 5 nitrogen and oxygen atoms in total. The molecule has 446 valence electrons. The summed E-state index contributed by atoms with van der Waals surface area (Å²) in [7, 11) is 0. The minimum absolute atomic E-state index is 0.0584. The third-order valence-electron chi connectivity index (χ3n) is 18.7. The van der Waals surface area contributed by atoms with E-state index < -0.39 is 0 Å². The van der Waals surface area contributed by atoms with Crippen LogP contribution in [-0.4, -0.2) is 16.2 Å². The Balaban J connectivity index is 1.06. The lowest BCUT2D eigenvalue weighted by atomic mass is 9.76. The molecule has 3 aromatic heterocycles. The number of rotatable bonds is 7. The Hall–Kier alpha value is -7.67. The molecule has 0 N–H and O–H groups in total. The zero-order valence-corrected chi connectivity index (χ0v) is 56.6. The molecule has 0 spiro atoms. The van der Waals surface area contributed by atoms with Crippen molar-refractivity contribution in [2.24, 2.45) is 0 Å². The molecule has 1 aliphatic heterocycles. The number of hydrogen-bond acceptors (Lipinski definition) is 5. The van der Waals surface area contributed by atoms with Gasteiger partial charge in [-0.2, -0.15) is 0 Å². The minimum Gasteiger partial charge on any atom is -0.457 e. The monoisotopic (exact) mass is 1170 g/mol. The van der Waals surface area contributed by atoms with Crippen molar-refractivity contribution < 1.29 is 4.74 Å². The number of nitrogens with zero attached hydrogens (tertiary/aromatic N) is 4. The summed E-state index contributed by atoms with van der Waals surface area (Å²) in [4.78, 5) is 10.3. The largest absolute Gasteiger partial charge is 0.457 e. The van der Waals surface area contributed by atoms with Gasteiger partial charge in [0.25, 0.3) is 0 Å². The fourth-order valence-electron chi connectivity index (χ4n) is 13.0. The number of aromatic nitrogens is 2. The highest BCUT2D eigenvalue weighted by atomic mass is 32.1. The van der Waals surface area contributed by atoms with Gasteiger partial charge in [0.1, 0.15) is 24.0 Å². The predicted octanol–water partition coefficient (Wildman–Crippen LogP) is 23.6. The van der Waals surface area contributed by atoms with Crippen LogP contribution >= 0.6 is 11.3 Å². The molecule has 0 atom stereocenters. The van der Waals surface area contributed by atoms with E-state index in [2.05, 4.69) is 305 Å². The molecule has 0 unspecified atom stereocenters. The van der Waals surface area contributed by atoms with Crippen LogP contribution in [0.1, 0.15) is 175 Å². The van der Waals surface area contributed by atoms with Crippen molar-refractivity contribution in [1.82, 2.24) is 9.55 Å². The predicted molar refractivity (Wildman–Crippen MR) is 377 cm³/mol. The third kappa shape index (κ3) is 10.7. The van der Waals surface area contributed by atoms with Gasteiger partial charge in [0.05, 0.1) is 28.1 Å². The summed E-state index contributed by atoms with van der Waals surface area (Å²) < 4.78 is 12.2. The number of hydrogen-bond donors (Lipinski definition) is 0. The maximum absolute atomic E-state index is 7.30. The summed E-state index contributed by atoms with van der Waals surface area (Å²) >= 11 is 1.87. The molecule has 4 heterocycles. The van der Waals surface area contributed by atoms with Gasteiger partial charge in [-0.05, 0) is 175 Å². The van der Waals surface area contributed by atoms with Crippen LogP contribution < -0.4 is 14.5 Å². The van der Waals surface area contributed by atoms with Crippen LogP contribution in [0, 0.1) is 20.8 Å². The van der Waals surface area contributed by atoms with Crippen molar-refractivity contribution in [2.75, 3.05) is 16.5 Å². The van der Waals surface area contributed by atoms with Gasteiger partial charge in [-0.25, -0.2) is 4.98 Å². The maximum atomic E-state index is 7.30. The fourth-order valence-corrected chi connectivity index (χ4v) is 14.2. The molecular weight excluding hydrogens is 1080 g/mol. The Labute approximate surface area is 523 Å². The van der Waals surface area contributed by atoms with E-state index in [0.717, 1.165) is 39.7 Å². The summed E-state index contributed by atoms with van der Waals surface area (Å²) in [6.45, 7) is 49.7. The first-order valence-corrected chi connectivity index (χ1v) is 32.3. The number of para-hydroxylation sites is 2. The molecular formula is C81H90N4OS. The highest BCUT2D eigenvalue weighted by Gasteiger charge is 2.36. The number of fused-ring (bicyclic) bond motifs is 8. The highest BCUT2D eigenvalue weighted by molar-refractivity contribution is 7.26. The first-order chi connectivity index (χ1) is 40.6. The standard InChI is InChI=1S/C81H90N4OS/c1-48-49(2)71(51-36-54(77(7,8)9)40-55(37-51)78(10,11)12)74(72(50(48)3)52-38-56(79(13,14)15)41-57(39-52)80(16,17)18)84-47-83(65-27-23-24-28-66(65)84)59-42-58(81(19,20)21)43-61(45-59)86-60-30-31-64-68(46-60)85(70-44-53(34-35-82-70)76(4,5)6)67-33-32-63-62-26-22-25-29-69(62)87-75(63)73(64)67/h22-46H,47H2,1-21H3. The molecule has 0 saturated heterocycles. The van der Waals surface area contributed by atoms with E-state index in [-0.39, 0.29) is 32.5 Å². The van der Waals surface area contributed by atoms with Crippen LogP contribution in [0.3, 0.4) is 0 Å². The van der Waals surface area contributed by atoms with E-state index in [9.17, 15) is 0 Å². The van der Waals surface area contributed by atoms with E-state index >= 15 is 0 Å². The molecule has 0 aliphatic carbocycles. The number of pyridine rings is 1. The average molecular weight is 1170 g/mol. The molecule has 0 fully saturated rings. The number of thiophene rings is 1. The number of anilines is 4. The second kappa shape index (κ2) is 20.7. The Morgan fingerprint density at radius 1 is 0.414 bits per heavy atom. The average Bonchev–Trinajstić information content (AvgIpc) is 1.67. The van der Waals surface area contributed by atoms with Crippen molar-refractivity contribution in [3.63, 3.8) is 0 Å². The quantitative estimate of drug-likeness (QED) is 0.159. The Bertz CT molecular complexity index is 4390. The van der Waals surface area contributed by atoms with E-state index in [1.54, 1.807) is 0 Å². The number of benzene rings is 8. The van der Waals surface area contributed by atoms with E-state index in [4.69, 9.17) is 9.72 Å². The summed E-state index contributed by atoms with van der Waals surface area (Å²) in [5.41, 5.74) is 23.1. The molecule has 1 aliphatic rings. The van der Waals surface area contributed by atoms with Crippen LogP contribution in [0.2, 0.25) is 0 Å². The first-order valence-electron chi connectivity index (χ1n) is 31.4. The van der Waals surface area contributed by atoms with Crippen LogP contribution in [-0.2, 0) is 32.5 Å². The van der Waals surface area contributed by atoms with Gasteiger partial charge in [-0.1, -0.05) is 197 Å². The van der Waals surface area contributed by atoms with Gasteiger partial charge in [0.15, 0.2) is 0 Å². The fraction of sp³-hybridized carbons (Fsp3) is 0.346. The van der Waals surface area contributed by atoms with Crippen molar-refractivity contribution in [1.29, 1.82) is 0 Å². The summed E-state index contributed by atoms with van der Waals surface area (Å²) in [5, 5.41) is 4.99. The smallest absolute Gasteiger partial charge is 0.137 e. The molecule has 0 radical (unpaired) electrons. The van der Waals surface area contributed by atoms with Gasteiger partial charge in [-0.15, -0.1) is 11.3 Å². The van der Waals surface area contributed by atoms with Crippen molar-refractivity contribution >= 4 is 76.1 Å². The lowest BCUT2D eigenvalue weighted by Gasteiger charge is -2.33. The van der Waals surface area contributed by atoms with Crippen molar-refractivity contribution in [2.45, 2.75) is 178 Å². The highest BCUT2D eigenvalue weighted by Crippen LogP contribution is 2.55.